The molecule has 3 aromatic rings. The Hall–Kier alpha value is -2.92. The van der Waals surface area contributed by atoms with Gasteiger partial charge in [0.25, 0.3) is 5.91 Å². The third kappa shape index (κ3) is 3.12. The van der Waals surface area contributed by atoms with Gasteiger partial charge in [-0.25, -0.2) is 0 Å². The van der Waals surface area contributed by atoms with Crippen LogP contribution in [-0.4, -0.2) is 23.8 Å². The zero-order valence-corrected chi connectivity index (χ0v) is 16.9. The van der Waals surface area contributed by atoms with Gasteiger partial charge in [-0.1, -0.05) is 30.3 Å². The number of nitrogens with one attached hydrogen (secondary N) is 1. The van der Waals surface area contributed by atoms with Crippen molar-refractivity contribution in [2.75, 3.05) is 12.4 Å². The molecule has 2 amide bonds. The minimum absolute atomic E-state index is 0.0516. The van der Waals surface area contributed by atoms with Crippen LogP contribution in [0.4, 0.5) is 5.69 Å². The van der Waals surface area contributed by atoms with Gasteiger partial charge in [-0.15, -0.1) is 11.3 Å². The fraction of sp³-hybridized carbons (Fsp3) is 0.217. The van der Waals surface area contributed by atoms with Crippen LogP contribution in [0.25, 0.3) is 0 Å². The summed E-state index contributed by atoms with van der Waals surface area (Å²) >= 11 is 1.57. The maximum Gasteiger partial charge on any atom is 0.254 e. The molecule has 2 aromatic carbocycles. The van der Waals surface area contributed by atoms with E-state index in [1.807, 2.05) is 67.8 Å². The summed E-state index contributed by atoms with van der Waals surface area (Å²) < 4.78 is 0. The molecule has 142 valence electrons. The molecule has 1 aromatic heterocycles. The van der Waals surface area contributed by atoms with Gasteiger partial charge in [0.05, 0.1) is 12.0 Å². The highest BCUT2D eigenvalue weighted by Crippen LogP contribution is 2.43. The van der Waals surface area contributed by atoms with E-state index in [4.69, 9.17) is 0 Å². The lowest BCUT2D eigenvalue weighted by molar-refractivity contribution is -0.119. The van der Waals surface area contributed by atoms with E-state index in [9.17, 15) is 9.59 Å². The number of benzene rings is 2. The number of anilines is 1. The number of rotatable bonds is 3. The van der Waals surface area contributed by atoms with Crippen LogP contribution in [0.2, 0.25) is 0 Å². The molecule has 0 saturated carbocycles. The van der Waals surface area contributed by atoms with Gasteiger partial charge in [0.1, 0.15) is 0 Å². The van der Waals surface area contributed by atoms with Crippen LogP contribution in [0.3, 0.4) is 0 Å². The number of hydrogen-bond donors (Lipinski definition) is 1. The first-order valence-corrected chi connectivity index (χ1v) is 10.1. The number of fused-ring (bicyclic) bond motifs is 1. The molecule has 28 heavy (non-hydrogen) atoms. The Kier molecular flexibility index (Phi) is 4.77. The van der Waals surface area contributed by atoms with E-state index < -0.39 is 5.92 Å². The molecule has 0 spiro atoms. The lowest BCUT2D eigenvalue weighted by atomic mass is 9.81. The van der Waals surface area contributed by atoms with Crippen molar-refractivity contribution in [3.63, 3.8) is 0 Å². The molecule has 0 fully saturated rings. The smallest absolute Gasteiger partial charge is 0.254 e. The molecule has 1 aliphatic heterocycles. The number of likely N-dealkylation sites (N-methyl/N-ethyl adjacent to an activating group) is 1. The third-order valence-corrected chi connectivity index (χ3v) is 6.41. The molecular weight excluding hydrogens is 368 g/mol. The van der Waals surface area contributed by atoms with Crippen molar-refractivity contribution in [3.05, 3.63) is 87.1 Å². The summed E-state index contributed by atoms with van der Waals surface area (Å²) in [5.74, 6) is -0.628. The van der Waals surface area contributed by atoms with Gasteiger partial charge in [-0.3, -0.25) is 9.59 Å². The summed E-state index contributed by atoms with van der Waals surface area (Å²) in [6, 6.07) is 17.0. The summed E-state index contributed by atoms with van der Waals surface area (Å²) in [6.07, 6.45) is 0. The van der Waals surface area contributed by atoms with Gasteiger partial charge in [0.2, 0.25) is 5.91 Å². The van der Waals surface area contributed by atoms with Crippen LogP contribution in [0.5, 0.6) is 0 Å². The van der Waals surface area contributed by atoms with Crippen LogP contribution in [0.15, 0.2) is 60.0 Å². The van der Waals surface area contributed by atoms with Gasteiger partial charge in [0, 0.05) is 23.2 Å². The lowest BCUT2D eigenvalue weighted by Crippen LogP contribution is -2.43. The molecular formula is C23H22N2O2S. The second kappa shape index (κ2) is 7.24. The second-order valence-electron chi connectivity index (χ2n) is 7.23. The summed E-state index contributed by atoms with van der Waals surface area (Å²) in [6.45, 7) is 4.08. The monoisotopic (exact) mass is 390 g/mol. The van der Waals surface area contributed by atoms with E-state index >= 15 is 0 Å². The van der Waals surface area contributed by atoms with Crippen molar-refractivity contribution in [1.29, 1.82) is 0 Å². The topological polar surface area (TPSA) is 49.4 Å². The first kappa shape index (κ1) is 18.4. The van der Waals surface area contributed by atoms with E-state index in [1.54, 1.807) is 29.4 Å². The normalized spacial score (nSPS) is 18.7. The van der Waals surface area contributed by atoms with E-state index in [-0.39, 0.29) is 17.9 Å². The first-order chi connectivity index (χ1) is 13.5. The van der Waals surface area contributed by atoms with E-state index in [2.05, 4.69) is 5.32 Å². The van der Waals surface area contributed by atoms with E-state index in [0.717, 1.165) is 21.7 Å². The molecule has 1 N–H and O–H groups in total. The predicted octanol–water partition coefficient (Wildman–Crippen LogP) is 4.91. The van der Waals surface area contributed by atoms with Gasteiger partial charge >= 0.3 is 0 Å². The predicted molar refractivity (Wildman–Crippen MR) is 113 cm³/mol. The Morgan fingerprint density at radius 2 is 1.82 bits per heavy atom. The molecule has 0 radical (unpaired) electrons. The van der Waals surface area contributed by atoms with Crippen LogP contribution in [0, 0.1) is 13.8 Å². The van der Waals surface area contributed by atoms with Gasteiger partial charge < -0.3 is 10.2 Å². The zero-order chi connectivity index (χ0) is 19.8. The highest BCUT2D eigenvalue weighted by molar-refractivity contribution is 7.10. The Morgan fingerprint density at radius 3 is 2.54 bits per heavy atom. The molecule has 0 aliphatic carbocycles. The number of carbonyl (C=O) groups is 2. The fourth-order valence-electron chi connectivity index (χ4n) is 3.81. The maximum atomic E-state index is 13.4. The van der Waals surface area contributed by atoms with Crippen LogP contribution < -0.4 is 5.32 Å². The standard InChI is InChI=1S/C23H22N2O2S/c1-14-10-11-16(13-15(14)2)24-22(26)20-17-7-4-5-8-18(17)23(27)25(3)21(20)19-9-6-12-28-19/h4-13,20-21H,1-3H3,(H,24,26)/t20-,21-/m1/s1. The number of nitrogens with zero attached hydrogens (tertiary/aromatic N) is 1. The average Bonchev–Trinajstić information content (AvgIpc) is 3.21. The Labute approximate surface area is 168 Å². The molecule has 4 nitrogen and oxygen atoms in total. The second-order valence-corrected chi connectivity index (χ2v) is 8.21. The summed E-state index contributed by atoms with van der Waals surface area (Å²) in [4.78, 5) is 29.1. The van der Waals surface area contributed by atoms with E-state index in [0.29, 0.717) is 5.56 Å². The Morgan fingerprint density at radius 1 is 1.04 bits per heavy atom. The number of thiophene rings is 1. The molecule has 0 saturated heterocycles. The maximum absolute atomic E-state index is 13.4. The van der Waals surface area contributed by atoms with Crippen molar-refractivity contribution in [2.24, 2.45) is 0 Å². The van der Waals surface area contributed by atoms with Crippen LogP contribution in [-0.2, 0) is 4.79 Å². The lowest BCUT2D eigenvalue weighted by Gasteiger charge is -2.39. The van der Waals surface area contributed by atoms with Gasteiger partial charge in [0.15, 0.2) is 0 Å². The number of aryl methyl sites for hydroxylation is 2. The van der Waals surface area contributed by atoms with Crippen molar-refractivity contribution in [3.8, 4) is 0 Å². The van der Waals surface area contributed by atoms with Gasteiger partial charge in [-0.2, -0.15) is 0 Å². The molecule has 0 bridgehead atoms. The van der Waals surface area contributed by atoms with Crippen LogP contribution >= 0.6 is 11.3 Å². The summed E-state index contributed by atoms with van der Waals surface area (Å²) in [5.41, 5.74) is 4.46. The zero-order valence-electron chi connectivity index (χ0n) is 16.1. The van der Waals surface area contributed by atoms with Crippen LogP contribution in [0.1, 0.15) is 43.9 Å². The minimum atomic E-state index is -0.473. The SMILES string of the molecule is Cc1ccc(NC(=O)[C@@H]2c3ccccc3C(=O)N(C)[C@@H]2c2cccs2)cc1C. The minimum Gasteiger partial charge on any atom is -0.333 e. The first-order valence-electron chi connectivity index (χ1n) is 9.25. The van der Waals surface area contributed by atoms with Crippen molar-refractivity contribution < 1.29 is 9.59 Å². The quantitative estimate of drug-likeness (QED) is 0.690. The third-order valence-electron chi connectivity index (χ3n) is 5.47. The Bertz CT molecular complexity index is 1040. The molecule has 2 heterocycles. The highest BCUT2D eigenvalue weighted by Gasteiger charge is 2.43. The van der Waals surface area contributed by atoms with Crippen molar-refractivity contribution >= 4 is 28.8 Å². The number of hydrogen-bond acceptors (Lipinski definition) is 3. The van der Waals surface area contributed by atoms with Gasteiger partial charge in [-0.05, 0) is 60.2 Å². The molecule has 0 unspecified atom stereocenters. The number of amides is 2. The fourth-order valence-corrected chi connectivity index (χ4v) is 4.72. The van der Waals surface area contributed by atoms with E-state index in [1.165, 1.54) is 5.56 Å². The number of carbonyl (C=O) groups excluding carboxylic acids is 2. The molecule has 2 atom stereocenters. The molecule has 5 heteroatoms. The molecule has 4 rings (SSSR count). The average molecular weight is 391 g/mol. The summed E-state index contributed by atoms with van der Waals surface area (Å²) in [7, 11) is 1.78. The van der Waals surface area contributed by atoms with Crippen molar-refractivity contribution in [1.82, 2.24) is 4.90 Å². The Balaban J connectivity index is 1.78. The van der Waals surface area contributed by atoms with Crippen molar-refractivity contribution in [2.45, 2.75) is 25.8 Å². The largest absolute Gasteiger partial charge is 0.333 e. The summed E-state index contributed by atoms with van der Waals surface area (Å²) in [5, 5.41) is 5.05. The highest BCUT2D eigenvalue weighted by atomic mass is 32.1. The molecule has 1 aliphatic rings.